The zero-order valence-electron chi connectivity index (χ0n) is 16.5. The van der Waals surface area contributed by atoms with Crippen molar-refractivity contribution in [3.8, 4) is 11.5 Å². The SMILES string of the molecule is COC(=O)C1=C(c2cccc(OC)c2OC)C[C@@H]2CC[C@H]1N2C(=O)NC1CC1. The summed E-state index contributed by atoms with van der Waals surface area (Å²) in [7, 11) is 4.56. The fourth-order valence-corrected chi connectivity index (χ4v) is 4.45. The molecule has 1 aromatic rings. The first kappa shape index (κ1) is 18.7. The Morgan fingerprint density at radius 2 is 1.86 bits per heavy atom. The molecular formula is C21H26N2O5. The molecule has 2 heterocycles. The number of esters is 1. The minimum atomic E-state index is -0.394. The Hall–Kier alpha value is -2.70. The minimum absolute atomic E-state index is 0.0584. The number of carbonyl (C=O) groups excluding carboxylic acids is 2. The number of nitrogens with zero attached hydrogens (tertiary/aromatic N) is 1. The molecule has 0 radical (unpaired) electrons. The number of hydrogen-bond acceptors (Lipinski definition) is 5. The molecule has 1 aliphatic carbocycles. The highest BCUT2D eigenvalue weighted by Crippen LogP contribution is 2.47. The highest BCUT2D eigenvalue weighted by Gasteiger charge is 2.47. The van der Waals surface area contributed by atoms with Crippen LogP contribution < -0.4 is 14.8 Å². The lowest BCUT2D eigenvalue weighted by atomic mass is 9.88. The van der Waals surface area contributed by atoms with E-state index >= 15 is 0 Å². The summed E-state index contributed by atoms with van der Waals surface area (Å²) in [5.41, 5.74) is 2.25. The zero-order chi connectivity index (χ0) is 19.8. The van der Waals surface area contributed by atoms with Crippen LogP contribution in [0.15, 0.2) is 23.8 Å². The molecule has 2 aliphatic heterocycles. The van der Waals surface area contributed by atoms with Crippen LogP contribution in [-0.4, -0.2) is 56.4 Å². The van der Waals surface area contributed by atoms with E-state index in [1.165, 1.54) is 7.11 Å². The van der Waals surface area contributed by atoms with Crippen LogP contribution in [0.2, 0.25) is 0 Å². The molecule has 2 atom stereocenters. The normalized spacial score (nSPS) is 23.5. The van der Waals surface area contributed by atoms with E-state index in [-0.39, 0.29) is 24.2 Å². The third-order valence-corrected chi connectivity index (χ3v) is 5.87. The maximum atomic E-state index is 12.8. The van der Waals surface area contributed by atoms with Crippen LogP contribution in [0.3, 0.4) is 0 Å². The van der Waals surface area contributed by atoms with Gasteiger partial charge in [-0.3, -0.25) is 0 Å². The van der Waals surface area contributed by atoms with Crippen molar-refractivity contribution in [1.82, 2.24) is 10.2 Å². The fraction of sp³-hybridized carbons (Fsp3) is 0.524. The summed E-state index contributed by atoms with van der Waals surface area (Å²) in [5, 5.41) is 3.06. The van der Waals surface area contributed by atoms with Crippen LogP contribution in [0.1, 0.15) is 37.7 Å². The predicted molar refractivity (Wildman–Crippen MR) is 103 cm³/mol. The molecule has 28 heavy (non-hydrogen) atoms. The molecule has 4 rings (SSSR count). The first-order valence-electron chi connectivity index (χ1n) is 9.70. The highest BCUT2D eigenvalue weighted by molar-refractivity contribution is 6.01. The van der Waals surface area contributed by atoms with Crippen molar-refractivity contribution in [2.45, 2.75) is 50.2 Å². The maximum absolute atomic E-state index is 12.8. The lowest BCUT2D eigenvalue weighted by molar-refractivity contribution is -0.136. The second-order valence-corrected chi connectivity index (χ2v) is 7.51. The van der Waals surface area contributed by atoms with Crippen LogP contribution in [-0.2, 0) is 9.53 Å². The van der Waals surface area contributed by atoms with Gasteiger partial charge in [0.1, 0.15) is 0 Å². The van der Waals surface area contributed by atoms with Gasteiger partial charge in [0.15, 0.2) is 11.5 Å². The maximum Gasteiger partial charge on any atom is 0.336 e. The molecular weight excluding hydrogens is 360 g/mol. The van der Waals surface area contributed by atoms with Gasteiger partial charge in [-0.05, 0) is 43.7 Å². The number of benzene rings is 1. The van der Waals surface area contributed by atoms with Crippen LogP contribution in [0.5, 0.6) is 11.5 Å². The van der Waals surface area contributed by atoms with Gasteiger partial charge in [0.25, 0.3) is 0 Å². The van der Waals surface area contributed by atoms with Gasteiger partial charge in [0, 0.05) is 17.6 Å². The quantitative estimate of drug-likeness (QED) is 0.788. The van der Waals surface area contributed by atoms with Crippen molar-refractivity contribution in [3.63, 3.8) is 0 Å². The highest BCUT2D eigenvalue weighted by atomic mass is 16.5. The van der Waals surface area contributed by atoms with E-state index in [2.05, 4.69) is 5.32 Å². The minimum Gasteiger partial charge on any atom is -0.493 e. The monoisotopic (exact) mass is 386 g/mol. The molecule has 0 spiro atoms. The Bertz CT molecular complexity index is 830. The summed E-state index contributed by atoms with van der Waals surface area (Å²) in [4.78, 5) is 27.5. The van der Waals surface area contributed by atoms with Crippen LogP contribution >= 0.6 is 0 Å². The van der Waals surface area contributed by atoms with E-state index in [1.807, 2.05) is 23.1 Å². The van der Waals surface area contributed by atoms with E-state index < -0.39 is 5.97 Å². The number of methoxy groups -OCH3 is 3. The van der Waals surface area contributed by atoms with E-state index in [0.717, 1.165) is 36.8 Å². The number of urea groups is 1. The van der Waals surface area contributed by atoms with E-state index in [1.54, 1.807) is 14.2 Å². The fourth-order valence-electron chi connectivity index (χ4n) is 4.45. The summed E-state index contributed by atoms with van der Waals surface area (Å²) in [6, 6.07) is 5.61. The second kappa shape index (κ2) is 7.37. The number of fused-ring (bicyclic) bond motifs is 2. The third-order valence-electron chi connectivity index (χ3n) is 5.87. The summed E-state index contributed by atoms with van der Waals surface area (Å²) >= 11 is 0. The average molecular weight is 386 g/mol. The van der Waals surface area contributed by atoms with Gasteiger partial charge in [0.05, 0.1) is 32.9 Å². The zero-order valence-corrected chi connectivity index (χ0v) is 16.5. The van der Waals surface area contributed by atoms with Crippen molar-refractivity contribution in [2.75, 3.05) is 21.3 Å². The van der Waals surface area contributed by atoms with Crippen molar-refractivity contribution in [3.05, 3.63) is 29.3 Å². The lowest BCUT2D eigenvalue weighted by Crippen LogP contribution is -2.51. The van der Waals surface area contributed by atoms with E-state index in [0.29, 0.717) is 23.5 Å². The number of para-hydroxylation sites is 1. The smallest absolute Gasteiger partial charge is 0.336 e. The molecule has 1 saturated heterocycles. The molecule has 150 valence electrons. The Balaban J connectivity index is 1.79. The molecule has 0 aromatic heterocycles. The molecule has 1 N–H and O–H groups in total. The van der Waals surface area contributed by atoms with Gasteiger partial charge in [-0.1, -0.05) is 12.1 Å². The van der Waals surface area contributed by atoms with Crippen molar-refractivity contribution in [1.29, 1.82) is 0 Å². The van der Waals surface area contributed by atoms with Crippen LogP contribution in [0.4, 0.5) is 4.79 Å². The standard InChI is InChI=1S/C21H26N2O5/c1-26-17-6-4-5-14(19(17)27-2)15-11-13-9-10-16(18(15)20(24)28-3)23(13)21(25)22-12-7-8-12/h4-6,12-13,16H,7-11H2,1-3H3,(H,22,25)/t13-,16+/m0/s1. The third kappa shape index (κ3) is 3.08. The van der Waals surface area contributed by atoms with E-state index in [9.17, 15) is 9.59 Å². The van der Waals surface area contributed by atoms with Gasteiger partial charge >= 0.3 is 12.0 Å². The summed E-state index contributed by atoms with van der Waals surface area (Å²) < 4.78 is 16.2. The number of rotatable bonds is 5. The number of ether oxygens (including phenoxy) is 3. The Morgan fingerprint density at radius 1 is 1.07 bits per heavy atom. The van der Waals surface area contributed by atoms with Gasteiger partial charge in [-0.15, -0.1) is 0 Å². The van der Waals surface area contributed by atoms with Gasteiger partial charge in [-0.25, -0.2) is 9.59 Å². The molecule has 7 nitrogen and oxygen atoms in total. The Morgan fingerprint density at radius 3 is 2.50 bits per heavy atom. The van der Waals surface area contributed by atoms with Gasteiger partial charge in [0.2, 0.25) is 0 Å². The first-order valence-corrected chi connectivity index (χ1v) is 9.70. The van der Waals surface area contributed by atoms with Gasteiger partial charge in [-0.2, -0.15) is 0 Å². The number of carbonyl (C=O) groups is 2. The first-order chi connectivity index (χ1) is 13.6. The van der Waals surface area contributed by atoms with Crippen LogP contribution in [0, 0.1) is 0 Å². The molecule has 7 heteroatoms. The summed E-state index contributed by atoms with van der Waals surface area (Å²) in [6.07, 6.45) is 4.26. The Kier molecular flexibility index (Phi) is 4.91. The van der Waals surface area contributed by atoms with Crippen LogP contribution in [0.25, 0.3) is 5.57 Å². The molecule has 2 bridgehead atoms. The van der Waals surface area contributed by atoms with E-state index in [4.69, 9.17) is 14.2 Å². The molecule has 2 fully saturated rings. The Labute approximate surface area is 164 Å². The predicted octanol–water partition coefficient (Wildman–Crippen LogP) is 2.74. The molecule has 1 aromatic carbocycles. The summed E-state index contributed by atoms with van der Waals surface area (Å²) in [6.45, 7) is 0. The topological polar surface area (TPSA) is 77.1 Å². The second-order valence-electron chi connectivity index (χ2n) is 7.51. The molecule has 1 saturated carbocycles. The number of hydrogen-bond donors (Lipinski definition) is 1. The average Bonchev–Trinajstić information content (AvgIpc) is 3.48. The summed E-state index contributed by atoms with van der Waals surface area (Å²) in [5.74, 6) is 0.809. The number of amides is 2. The van der Waals surface area contributed by atoms with Crippen molar-refractivity contribution >= 4 is 17.6 Å². The largest absolute Gasteiger partial charge is 0.493 e. The molecule has 2 amide bonds. The number of nitrogens with one attached hydrogen (secondary N) is 1. The lowest BCUT2D eigenvalue weighted by Gasteiger charge is -2.37. The van der Waals surface area contributed by atoms with Crippen molar-refractivity contribution < 1.29 is 23.8 Å². The van der Waals surface area contributed by atoms with Crippen molar-refractivity contribution in [2.24, 2.45) is 0 Å². The van der Waals surface area contributed by atoms with Gasteiger partial charge < -0.3 is 24.4 Å². The molecule has 0 unspecified atom stereocenters. The molecule has 3 aliphatic rings.